The Balaban J connectivity index is 3.61. The van der Waals surface area contributed by atoms with Gasteiger partial charge in [-0.25, -0.2) is 0 Å². The fraction of sp³-hybridized carbons (Fsp3) is 0.848. The monoisotopic (exact) mass is 702 g/mol. The van der Waals surface area contributed by atoms with Gasteiger partial charge in [-0.1, -0.05) is 204 Å². The van der Waals surface area contributed by atoms with Gasteiger partial charge in [0.15, 0.2) is 0 Å². The van der Waals surface area contributed by atoms with Crippen LogP contribution in [0.25, 0.3) is 0 Å². The second kappa shape index (κ2) is 42.0. The molecule has 0 aliphatic heterocycles. The zero-order chi connectivity index (χ0) is 36.4. The summed E-state index contributed by atoms with van der Waals surface area (Å²) in [6, 6.07) is -0.640. The Kier molecular flexibility index (Phi) is 40.9. The average molecular weight is 702 g/mol. The molecule has 0 aromatic carbocycles. The zero-order valence-corrected chi connectivity index (χ0v) is 33.7. The Morgan fingerprint density at radius 3 is 1.16 bits per heavy atom. The van der Waals surface area contributed by atoms with E-state index in [-0.39, 0.29) is 12.5 Å². The van der Waals surface area contributed by atoms with Crippen molar-refractivity contribution in [2.45, 2.75) is 244 Å². The molecule has 0 aromatic heterocycles. The van der Waals surface area contributed by atoms with Crippen molar-refractivity contribution in [3.05, 3.63) is 36.5 Å². The molecule has 0 aromatic rings. The standard InChI is InChI=1S/C46H87NO3/c1-3-5-7-9-11-13-15-17-19-21-22-23-24-26-27-29-31-33-35-37-39-41-45(49)44(43-48)47-46(50)42-40-38-36-34-32-30-28-25-20-18-16-14-12-10-8-6-4-2/h18,20,31,33,39,41,44-45,48-49H,3-17,19,21-30,32,34-38,40,42-43H2,1-2H3,(H,47,50)/b20-18-,33-31+,41-39+. The number of carbonyl (C=O) groups excluding carboxylic acids is 1. The molecule has 2 atom stereocenters. The third-order valence-electron chi connectivity index (χ3n) is 10.1. The minimum atomic E-state index is -0.862. The van der Waals surface area contributed by atoms with Gasteiger partial charge in [-0.15, -0.1) is 0 Å². The summed E-state index contributed by atoms with van der Waals surface area (Å²) >= 11 is 0. The number of rotatable bonds is 40. The van der Waals surface area contributed by atoms with E-state index >= 15 is 0 Å². The molecule has 0 bridgehead atoms. The van der Waals surface area contributed by atoms with Gasteiger partial charge in [-0.05, 0) is 57.8 Å². The summed E-state index contributed by atoms with van der Waals surface area (Å²) in [5, 5.41) is 23.0. The van der Waals surface area contributed by atoms with Crippen LogP contribution in [-0.2, 0) is 4.79 Å². The van der Waals surface area contributed by atoms with Crippen molar-refractivity contribution in [1.82, 2.24) is 5.32 Å². The molecule has 50 heavy (non-hydrogen) atoms. The predicted molar refractivity (Wildman–Crippen MR) is 221 cm³/mol. The van der Waals surface area contributed by atoms with E-state index in [1.807, 2.05) is 6.08 Å². The van der Waals surface area contributed by atoms with Crippen molar-refractivity contribution in [3.8, 4) is 0 Å². The molecule has 0 aliphatic rings. The summed E-state index contributed by atoms with van der Waals surface area (Å²) in [4.78, 5) is 12.4. The van der Waals surface area contributed by atoms with Crippen LogP contribution in [-0.4, -0.2) is 34.9 Å². The van der Waals surface area contributed by atoms with Gasteiger partial charge in [-0.2, -0.15) is 0 Å². The highest BCUT2D eigenvalue weighted by atomic mass is 16.3. The molecule has 0 radical (unpaired) electrons. The zero-order valence-electron chi connectivity index (χ0n) is 33.7. The van der Waals surface area contributed by atoms with Crippen LogP contribution in [0.2, 0.25) is 0 Å². The maximum Gasteiger partial charge on any atom is 0.220 e. The first kappa shape index (κ1) is 48.6. The van der Waals surface area contributed by atoms with E-state index < -0.39 is 12.1 Å². The summed E-state index contributed by atoms with van der Waals surface area (Å²) in [7, 11) is 0. The molecule has 0 spiro atoms. The average Bonchev–Trinajstić information content (AvgIpc) is 3.12. The van der Waals surface area contributed by atoms with E-state index in [9.17, 15) is 15.0 Å². The normalized spacial score (nSPS) is 13.3. The Bertz CT molecular complexity index is 760. The quantitative estimate of drug-likeness (QED) is 0.0440. The van der Waals surface area contributed by atoms with Crippen LogP contribution >= 0.6 is 0 Å². The van der Waals surface area contributed by atoms with Crippen molar-refractivity contribution in [1.29, 1.82) is 0 Å². The lowest BCUT2D eigenvalue weighted by atomic mass is 10.0. The number of amides is 1. The summed E-state index contributed by atoms with van der Waals surface area (Å²) < 4.78 is 0. The number of allylic oxidation sites excluding steroid dienone is 5. The van der Waals surface area contributed by atoms with E-state index in [0.717, 1.165) is 32.1 Å². The van der Waals surface area contributed by atoms with Gasteiger partial charge in [0.05, 0.1) is 18.8 Å². The molecule has 4 heteroatoms. The van der Waals surface area contributed by atoms with Crippen molar-refractivity contribution < 1.29 is 15.0 Å². The fourth-order valence-corrected chi connectivity index (χ4v) is 6.66. The number of aliphatic hydroxyl groups is 2. The maximum atomic E-state index is 12.4. The van der Waals surface area contributed by atoms with E-state index in [1.54, 1.807) is 6.08 Å². The van der Waals surface area contributed by atoms with E-state index in [1.165, 1.54) is 180 Å². The van der Waals surface area contributed by atoms with Crippen LogP contribution in [0.5, 0.6) is 0 Å². The highest BCUT2D eigenvalue weighted by molar-refractivity contribution is 5.76. The first-order valence-corrected chi connectivity index (χ1v) is 22.2. The van der Waals surface area contributed by atoms with Crippen molar-refractivity contribution in [2.24, 2.45) is 0 Å². The number of hydrogen-bond donors (Lipinski definition) is 3. The van der Waals surface area contributed by atoms with Crippen molar-refractivity contribution in [3.63, 3.8) is 0 Å². The summed E-state index contributed by atoms with van der Waals surface area (Å²) in [6.07, 6.45) is 55.4. The maximum absolute atomic E-state index is 12.4. The van der Waals surface area contributed by atoms with Crippen LogP contribution in [0, 0.1) is 0 Å². The van der Waals surface area contributed by atoms with Crippen LogP contribution in [0.3, 0.4) is 0 Å². The van der Waals surface area contributed by atoms with Gasteiger partial charge in [0, 0.05) is 6.42 Å². The minimum Gasteiger partial charge on any atom is -0.394 e. The summed E-state index contributed by atoms with van der Waals surface area (Å²) in [6.45, 7) is 4.30. The lowest BCUT2D eigenvalue weighted by molar-refractivity contribution is -0.123. The number of nitrogens with one attached hydrogen (secondary N) is 1. The van der Waals surface area contributed by atoms with Gasteiger partial charge in [0.2, 0.25) is 5.91 Å². The lowest BCUT2D eigenvalue weighted by Gasteiger charge is -2.19. The number of hydrogen-bond acceptors (Lipinski definition) is 3. The molecule has 0 aliphatic carbocycles. The summed E-state index contributed by atoms with van der Waals surface area (Å²) in [5.41, 5.74) is 0. The molecule has 4 nitrogen and oxygen atoms in total. The smallest absolute Gasteiger partial charge is 0.220 e. The number of unbranched alkanes of at least 4 members (excludes halogenated alkanes) is 29. The van der Waals surface area contributed by atoms with Crippen LogP contribution in [0.15, 0.2) is 36.5 Å². The van der Waals surface area contributed by atoms with Crippen LogP contribution < -0.4 is 5.32 Å². The van der Waals surface area contributed by atoms with Gasteiger partial charge >= 0.3 is 0 Å². The molecule has 0 fully saturated rings. The molecule has 294 valence electrons. The molecule has 0 saturated heterocycles. The van der Waals surface area contributed by atoms with Crippen LogP contribution in [0.1, 0.15) is 232 Å². The van der Waals surface area contributed by atoms with Gasteiger partial charge in [0.1, 0.15) is 0 Å². The van der Waals surface area contributed by atoms with E-state index in [2.05, 4.69) is 43.5 Å². The highest BCUT2D eigenvalue weighted by Crippen LogP contribution is 2.15. The Morgan fingerprint density at radius 1 is 0.460 bits per heavy atom. The second-order valence-electron chi connectivity index (χ2n) is 15.1. The fourth-order valence-electron chi connectivity index (χ4n) is 6.66. The highest BCUT2D eigenvalue weighted by Gasteiger charge is 2.17. The van der Waals surface area contributed by atoms with E-state index in [0.29, 0.717) is 6.42 Å². The molecule has 1 amide bonds. The molecule has 0 rings (SSSR count). The largest absolute Gasteiger partial charge is 0.394 e. The molecule has 2 unspecified atom stereocenters. The minimum absolute atomic E-state index is 0.0778. The van der Waals surface area contributed by atoms with Crippen LogP contribution in [0.4, 0.5) is 0 Å². The molecule has 0 saturated carbocycles. The molecule has 3 N–H and O–H groups in total. The number of carbonyl (C=O) groups is 1. The number of aliphatic hydroxyl groups excluding tert-OH is 2. The van der Waals surface area contributed by atoms with Crippen molar-refractivity contribution in [2.75, 3.05) is 6.61 Å². The Morgan fingerprint density at radius 2 is 0.780 bits per heavy atom. The topological polar surface area (TPSA) is 69.6 Å². The van der Waals surface area contributed by atoms with Gasteiger partial charge in [-0.3, -0.25) is 4.79 Å². The molecule has 0 heterocycles. The lowest BCUT2D eigenvalue weighted by Crippen LogP contribution is -2.45. The van der Waals surface area contributed by atoms with Gasteiger partial charge in [0.25, 0.3) is 0 Å². The Hall–Kier alpha value is -1.39. The summed E-state index contributed by atoms with van der Waals surface area (Å²) in [5.74, 6) is -0.0778. The second-order valence-corrected chi connectivity index (χ2v) is 15.1. The predicted octanol–water partition coefficient (Wildman–Crippen LogP) is 13.8. The molecular formula is C46H87NO3. The third-order valence-corrected chi connectivity index (χ3v) is 10.1. The SMILES string of the molecule is CCCCCCCC/C=C\CCCCCCCCCC(=O)NC(CO)C(O)/C=C/CC/C=C/CCCCCCCCCCCCCCCCC. The van der Waals surface area contributed by atoms with Gasteiger partial charge < -0.3 is 15.5 Å². The van der Waals surface area contributed by atoms with Crippen molar-refractivity contribution >= 4 is 5.91 Å². The van der Waals surface area contributed by atoms with E-state index in [4.69, 9.17) is 0 Å². The Labute approximate surface area is 312 Å². The first-order valence-electron chi connectivity index (χ1n) is 22.2. The molecular weight excluding hydrogens is 615 g/mol. The third kappa shape index (κ3) is 37.9. The first-order chi connectivity index (χ1) is 24.7.